The third-order valence-corrected chi connectivity index (χ3v) is 4.90. The van der Waals surface area contributed by atoms with Crippen molar-refractivity contribution >= 4 is 21.4 Å². The topological polar surface area (TPSA) is 60.7 Å². The van der Waals surface area contributed by atoms with E-state index in [0.717, 1.165) is 32.8 Å². The minimum Gasteiger partial charge on any atom is -0.454 e. The SMILES string of the molecule is CC(Nc1nn2cc(C(C)(C)C)nc2s1)c1ccc2c(c1)OCO2. The van der Waals surface area contributed by atoms with Crippen molar-refractivity contribution in [2.24, 2.45) is 0 Å². The van der Waals surface area contributed by atoms with Crippen molar-refractivity contribution in [3.05, 3.63) is 35.7 Å². The lowest BCUT2D eigenvalue weighted by Gasteiger charge is -2.14. The van der Waals surface area contributed by atoms with Crippen molar-refractivity contribution in [1.29, 1.82) is 0 Å². The van der Waals surface area contributed by atoms with Gasteiger partial charge in [-0.2, -0.15) is 0 Å². The van der Waals surface area contributed by atoms with Crippen LogP contribution in [0.3, 0.4) is 0 Å². The fourth-order valence-electron chi connectivity index (χ4n) is 2.57. The Morgan fingerprint density at radius 1 is 1.25 bits per heavy atom. The zero-order chi connectivity index (χ0) is 16.9. The fourth-order valence-corrected chi connectivity index (χ4v) is 3.44. The highest BCUT2D eigenvalue weighted by atomic mass is 32.1. The highest BCUT2D eigenvalue weighted by Crippen LogP contribution is 2.35. The number of anilines is 1. The quantitative estimate of drug-likeness (QED) is 0.778. The molecule has 0 radical (unpaired) electrons. The molecule has 0 saturated carbocycles. The van der Waals surface area contributed by atoms with E-state index in [1.54, 1.807) is 11.3 Å². The van der Waals surface area contributed by atoms with Crippen molar-refractivity contribution < 1.29 is 9.47 Å². The smallest absolute Gasteiger partial charge is 0.231 e. The highest BCUT2D eigenvalue weighted by Gasteiger charge is 2.20. The Hall–Kier alpha value is -2.28. The molecule has 126 valence electrons. The molecule has 1 aliphatic heterocycles. The minimum atomic E-state index is 0.0286. The second-order valence-corrected chi connectivity index (χ2v) is 7.95. The summed E-state index contributed by atoms with van der Waals surface area (Å²) in [5.41, 5.74) is 2.21. The second-order valence-electron chi connectivity index (χ2n) is 6.99. The molecule has 3 aromatic rings. The molecule has 1 atom stereocenters. The Morgan fingerprint density at radius 2 is 2.04 bits per heavy atom. The van der Waals surface area contributed by atoms with Crippen LogP contribution in [0.15, 0.2) is 24.4 Å². The molecule has 0 spiro atoms. The predicted octanol–water partition coefficient (Wildman–Crippen LogP) is 3.99. The number of aromatic nitrogens is 3. The molecule has 1 N–H and O–H groups in total. The van der Waals surface area contributed by atoms with Gasteiger partial charge in [0.15, 0.2) is 11.5 Å². The first-order chi connectivity index (χ1) is 11.4. The van der Waals surface area contributed by atoms with Gasteiger partial charge < -0.3 is 14.8 Å². The van der Waals surface area contributed by atoms with Crippen molar-refractivity contribution in [2.45, 2.75) is 39.2 Å². The summed E-state index contributed by atoms with van der Waals surface area (Å²) in [6.07, 6.45) is 2.00. The summed E-state index contributed by atoms with van der Waals surface area (Å²) in [6.45, 7) is 8.85. The van der Waals surface area contributed by atoms with Gasteiger partial charge in [-0.05, 0) is 24.6 Å². The summed E-state index contributed by atoms with van der Waals surface area (Å²) < 4.78 is 12.6. The lowest BCUT2D eigenvalue weighted by Crippen LogP contribution is -2.11. The van der Waals surface area contributed by atoms with Gasteiger partial charge in [0.2, 0.25) is 16.9 Å². The summed E-state index contributed by atoms with van der Waals surface area (Å²) >= 11 is 1.56. The maximum absolute atomic E-state index is 5.44. The fraction of sp³-hybridized carbons (Fsp3) is 0.412. The van der Waals surface area contributed by atoms with E-state index in [-0.39, 0.29) is 11.5 Å². The Morgan fingerprint density at radius 3 is 2.79 bits per heavy atom. The summed E-state index contributed by atoms with van der Waals surface area (Å²) in [5.74, 6) is 1.60. The van der Waals surface area contributed by atoms with Crippen molar-refractivity contribution in [3.63, 3.8) is 0 Å². The molecular weight excluding hydrogens is 324 g/mol. The largest absolute Gasteiger partial charge is 0.454 e. The average molecular weight is 344 g/mol. The Bertz CT molecular complexity index is 862. The number of nitrogens with zero attached hydrogens (tertiary/aromatic N) is 3. The first-order valence-corrected chi connectivity index (χ1v) is 8.74. The van der Waals surface area contributed by atoms with Crippen LogP contribution in [0, 0.1) is 0 Å². The molecule has 1 aliphatic rings. The third-order valence-electron chi connectivity index (χ3n) is 4.05. The molecule has 0 bridgehead atoms. The molecule has 1 unspecified atom stereocenters. The average Bonchev–Trinajstić information content (AvgIpc) is 3.18. The molecule has 4 rings (SSSR count). The van der Waals surface area contributed by atoms with Gasteiger partial charge in [-0.25, -0.2) is 9.50 Å². The van der Waals surface area contributed by atoms with Gasteiger partial charge >= 0.3 is 0 Å². The first-order valence-electron chi connectivity index (χ1n) is 7.93. The van der Waals surface area contributed by atoms with Crippen LogP contribution in [0.4, 0.5) is 5.13 Å². The molecular formula is C17H20N4O2S. The molecule has 1 aromatic carbocycles. The van der Waals surface area contributed by atoms with Crippen LogP contribution in [0.2, 0.25) is 0 Å². The third kappa shape index (κ3) is 2.69. The summed E-state index contributed by atoms with van der Waals surface area (Å²) in [5, 5.41) is 8.87. The number of rotatable bonds is 3. The van der Waals surface area contributed by atoms with Crippen LogP contribution in [0.5, 0.6) is 11.5 Å². The van der Waals surface area contributed by atoms with E-state index in [0.29, 0.717) is 6.79 Å². The maximum Gasteiger partial charge on any atom is 0.231 e. The van der Waals surface area contributed by atoms with Crippen LogP contribution >= 0.6 is 11.3 Å². The molecule has 7 heteroatoms. The Labute approximate surface area is 144 Å². The van der Waals surface area contributed by atoms with Crippen molar-refractivity contribution in [1.82, 2.24) is 14.6 Å². The molecule has 2 aromatic heterocycles. The van der Waals surface area contributed by atoms with Gasteiger partial charge in [0, 0.05) is 5.41 Å². The predicted molar refractivity (Wildman–Crippen MR) is 94.2 cm³/mol. The van der Waals surface area contributed by atoms with E-state index in [1.165, 1.54) is 0 Å². The van der Waals surface area contributed by atoms with E-state index in [1.807, 2.05) is 28.9 Å². The lowest BCUT2D eigenvalue weighted by molar-refractivity contribution is 0.174. The number of nitrogens with one attached hydrogen (secondary N) is 1. The number of benzene rings is 1. The van der Waals surface area contributed by atoms with Gasteiger partial charge in [0.05, 0.1) is 17.9 Å². The van der Waals surface area contributed by atoms with Gasteiger partial charge in [0.1, 0.15) is 0 Å². The van der Waals surface area contributed by atoms with Gasteiger partial charge in [0.25, 0.3) is 0 Å². The number of imidazole rings is 1. The summed E-state index contributed by atoms with van der Waals surface area (Å²) in [7, 11) is 0. The second kappa shape index (κ2) is 5.37. The van der Waals surface area contributed by atoms with Gasteiger partial charge in [-0.3, -0.25) is 0 Å². The van der Waals surface area contributed by atoms with Gasteiger partial charge in [-0.15, -0.1) is 5.10 Å². The lowest BCUT2D eigenvalue weighted by atomic mass is 9.93. The van der Waals surface area contributed by atoms with Gasteiger partial charge in [-0.1, -0.05) is 38.2 Å². The molecule has 0 aliphatic carbocycles. The van der Waals surface area contributed by atoms with Crippen molar-refractivity contribution in [3.8, 4) is 11.5 Å². The minimum absolute atomic E-state index is 0.0286. The zero-order valence-electron chi connectivity index (χ0n) is 14.2. The Kier molecular flexibility index (Phi) is 3.42. The number of hydrogen-bond donors (Lipinski definition) is 1. The monoisotopic (exact) mass is 344 g/mol. The standard InChI is InChI=1S/C17H20N4O2S/c1-10(11-5-6-12-13(7-11)23-9-22-12)18-15-20-21-8-14(17(2,3)4)19-16(21)24-15/h5-8,10H,9H2,1-4H3,(H,18,20). The zero-order valence-corrected chi connectivity index (χ0v) is 15.0. The summed E-state index contributed by atoms with van der Waals surface area (Å²) in [4.78, 5) is 5.58. The van der Waals surface area contributed by atoms with E-state index in [4.69, 9.17) is 9.47 Å². The van der Waals surface area contributed by atoms with Crippen molar-refractivity contribution in [2.75, 3.05) is 12.1 Å². The molecule has 3 heterocycles. The molecule has 0 amide bonds. The first kappa shape index (κ1) is 15.3. The molecule has 24 heavy (non-hydrogen) atoms. The molecule has 0 saturated heterocycles. The van der Waals surface area contributed by atoms with E-state index >= 15 is 0 Å². The number of hydrogen-bond acceptors (Lipinski definition) is 6. The van der Waals surface area contributed by atoms with Crippen LogP contribution < -0.4 is 14.8 Å². The number of ether oxygens (including phenoxy) is 2. The van der Waals surface area contributed by atoms with E-state index in [9.17, 15) is 0 Å². The molecule has 6 nitrogen and oxygen atoms in total. The van der Waals surface area contributed by atoms with E-state index < -0.39 is 0 Å². The van der Waals surface area contributed by atoms with Crippen LogP contribution in [0.25, 0.3) is 4.96 Å². The summed E-state index contributed by atoms with van der Waals surface area (Å²) in [6, 6.07) is 6.11. The van der Waals surface area contributed by atoms with Crippen LogP contribution in [-0.4, -0.2) is 21.4 Å². The van der Waals surface area contributed by atoms with E-state index in [2.05, 4.69) is 43.1 Å². The van der Waals surface area contributed by atoms with Crippen LogP contribution in [-0.2, 0) is 5.41 Å². The van der Waals surface area contributed by atoms with Crippen LogP contribution in [0.1, 0.15) is 45.0 Å². The maximum atomic E-state index is 5.44. The normalized spacial score (nSPS) is 15.0. The highest BCUT2D eigenvalue weighted by molar-refractivity contribution is 7.20. The molecule has 0 fully saturated rings. The number of fused-ring (bicyclic) bond motifs is 2. The Balaban J connectivity index is 1.54.